The molecule has 0 aromatic heterocycles. The first-order valence-corrected chi connectivity index (χ1v) is 21.5. The number of benzene rings is 4. The maximum atomic E-state index is 15.8. The summed E-state index contributed by atoms with van der Waals surface area (Å²) in [5.74, 6) is -2.15. The molecule has 0 radical (unpaired) electrons. The molecule has 16 nitrogen and oxygen atoms in total. The van der Waals surface area contributed by atoms with E-state index < -0.39 is 44.2 Å². The zero-order valence-corrected chi connectivity index (χ0v) is 39.8. The molecule has 0 aliphatic rings. The highest BCUT2D eigenvalue weighted by atomic mass is 32.2. The lowest BCUT2D eigenvalue weighted by Gasteiger charge is -2.25. The third-order valence-electron chi connectivity index (χ3n) is 10.4. The van der Waals surface area contributed by atoms with Gasteiger partial charge in [0.1, 0.15) is 56.5 Å². The van der Waals surface area contributed by atoms with Gasteiger partial charge in [-0.15, -0.1) is 0 Å². The molecule has 364 valence electrons. The zero-order valence-electron chi connectivity index (χ0n) is 39.0. The molecule has 0 heterocycles. The van der Waals surface area contributed by atoms with Crippen molar-refractivity contribution in [3.05, 3.63) is 95.1 Å². The first-order valence-electron chi connectivity index (χ1n) is 19.9. The van der Waals surface area contributed by atoms with Crippen LogP contribution in [0.15, 0.2) is 72.8 Å². The molecule has 0 bridgehead atoms. The summed E-state index contributed by atoms with van der Waals surface area (Å²) in [5, 5.41) is 0.794. The van der Waals surface area contributed by atoms with Gasteiger partial charge >= 0.3 is 23.9 Å². The van der Waals surface area contributed by atoms with Crippen LogP contribution in [0, 0.1) is 0 Å². The summed E-state index contributed by atoms with van der Waals surface area (Å²) < 4.78 is 136. The summed E-state index contributed by atoms with van der Waals surface area (Å²) in [6, 6.07) is 5.72. The molecular weight excluding hydrogens is 909 g/mol. The van der Waals surface area contributed by atoms with Gasteiger partial charge in [0, 0.05) is 24.3 Å². The molecule has 0 saturated heterocycles. The van der Waals surface area contributed by atoms with Gasteiger partial charge in [-0.05, 0) is 75.7 Å². The van der Waals surface area contributed by atoms with Gasteiger partial charge in [-0.2, -0.15) is 17.6 Å². The molecule has 0 spiro atoms. The van der Waals surface area contributed by atoms with Crippen LogP contribution in [-0.4, -0.2) is 127 Å². The average molecular weight is 963 g/mol. The first kappa shape index (κ1) is 52.9. The number of hydrogen-bond acceptors (Lipinski definition) is 14. The summed E-state index contributed by atoms with van der Waals surface area (Å²) in [7, 11) is 9.95. The Morgan fingerprint density at radius 1 is 0.507 bits per heavy atom. The van der Waals surface area contributed by atoms with Crippen molar-refractivity contribution in [2.24, 2.45) is 0 Å². The van der Waals surface area contributed by atoms with E-state index in [1.165, 1.54) is 130 Å². The minimum atomic E-state index is -4.83. The molecule has 4 rings (SSSR count). The van der Waals surface area contributed by atoms with Gasteiger partial charge < -0.3 is 48.5 Å². The lowest BCUT2D eigenvalue weighted by Crippen LogP contribution is -2.46. The Balaban J connectivity index is 2.14. The number of amides is 2. The number of sulfone groups is 1. The monoisotopic (exact) mass is 962 g/mol. The number of alkyl halides is 4. The van der Waals surface area contributed by atoms with Gasteiger partial charge in [0.25, 0.3) is 0 Å². The van der Waals surface area contributed by atoms with Gasteiger partial charge in [-0.25, -0.2) is 18.2 Å². The van der Waals surface area contributed by atoms with E-state index in [1.54, 1.807) is 0 Å². The van der Waals surface area contributed by atoms with Gasteiger partial charge in [-0.3, -0.25) is 9.59 Å². The van der Waals surface area contributed by atoms with Crippen molar-refractivity contribution in [1.82, 2.24) is 9.80 Å². The second-order valence-electron chi connectivity index (χ2n) is 14.7. The zero-order chi connectivity index (χ0) is 50.0. The third kappa shape index (κ3) is 11.6. The van der Waals surface area contributed by atoms with Crippen molar-refractivity contribution in [1.29, 1.82) is 0 Å². The number of halogens is 4. The van der Waals surface area contributed by atoms with E-state index in [9.17, 15) is 27.2 Å². The second-order valence-corrected chi connectivity index (χ2v) is 16.9. The summed E-state index contributed by atoms with van der Waals surface area (Å²) in [6.45, 7) is 0. The van der Waals surface area contributed by atoms with Crippen molar-refractivity contribution in [2.75, 3.05) is 95.7 Å². The Hall–Kier alpha value is -6.71. The molecule has 0 aliphatic carbocycles. The Morgan fingerprint density at radius 3 is 1.06 bits per heavy atom. The number of carbonyl (C=O) groups is 2. The van der Waals surface area contributed by atoms with E-state index in [0.29, 0.717) is 21.3 Å². The molecular formula is C46H54F4N4O12S. The number of carbonyl (C=O) groups excluding carboxylic acids is 2. The van der Waals surface area contributed by atoms with E-state index in [1.807, 2.05) is 0 Å². The summed E-state index contributed by atoms with van der Waals surface area (Å²) >= 11 is 0. The predicted octanol–water partition coefficient (Wildman–Crippen LogP) is 7.57. The van der Waals surface area contributed by atoms with Crippen LogP contribution in [0.1, 0.15) is 32.8 Å². The van der Waals surface area contributed by atoms with Crippen LogP contribution in [0.5, 0.6) is 46.0 Å². The molecule has 4 aromatic rings. The number of likely N-dealkylation sites (N-methyl/N-ethyl adjacent to an activating group) is 2. The van der Waals surface area contributed by atoms with Crippen molar-refractivity contribution in [3.8, 4) is 46.0 Å². The molecule has 2 atom stereocenters. The maximum absolute atomic E-state index is 15.8. The predicted molar refractivity (Wildman–Crippen MR) is 245 cm³/mol. The highest BCUT2D eigenvalue weighted by Gasteiger charge is 2.43. The van der Waals surface area contributed by atoms with E-state index in [-0.39, 0.29) is 68.1 Å². The fourth-order valence-electron chi connectivity index (χ4n) is 6.54. The smallest absolute Gasteiger partial charge is 0.383 e. The van der Waals surface area contributed by atoms with Crippen molar-refractivity contribution in [3.63, 3.8) is 0 Å². The molecule has 0 saturated carbocycles. The number of methoxy groups -OCH3 is 8. The molecule has 0 fully saturated rings. The van der Waals surface area contributed by atoms with Crippen molar-refractivity contribution in [2.45, 2.75) is 22.6 Å². The summed E-state index contributed by atoms with van der Waals surface area (Å²) in [6.07, 6.45) is 5.37. The Kier molecular flexibility index (Phi) is 17.5. The largest absolute Gasteiger partial charge is 0.496 e. The van der Waals surface area contributed by atoms with Crippen LogP contribution in [0.25, 0.3) is 12.2 Å². The van der Waals surface area contributed by atoms with Crippen molar-refractivity contribution < 1.29 is 73.5 Å². The topological polar surface area (TPSA) is 173 Å². The van der Waals surface area contributed by atoms with Crippen LogP contribution in [0.2, 0.25) is 0 Å². The highest BCUT2D eigenvalue weighted by Crippen LogP contribution is 2.44. The quantitative estimate of drug-likeness (QED) is 0.0584. The SMILES string of the molecule is COc1cc(OC)c(/C=C/C(c2ccc(OC)c(NC(=O)C(F)(F)N(C)C)c2)S(=O)(=O)C(/C=C/c2c(OC)cc(OC)cc2OC)c2ccc(OC)c(NC(=O)C(F)(F)N(C)C)c2)c(OC)c1. The second kappa shape index (κ2) is 22.2. The van der Waals surface area contributed by atoms with Gasteiger partial charge in [0.05, 0.1) is 79.4 Å². The fourth-order valence-corrected chi connectivity index (χ4v) is 8.50. The Morgan fingerprint density at radius 2 is 0.806 bits per heavy atom. The Bertz CT molecular complexity index is 2370. The maximum Gasteiger partial charge on any atom is 0.383 e. The van der Waals surface area contributed by atoms with Crippen LogP contribution in [0.3, 0.4) is 0 Å². The number of hydrogen-bond donors (Lipinski definition) is 2. The molecule has 2 unspecified atom stereocenters. The number of nitrogens with zero attached hydrogens (tertiary/aromatic N) is 2. The molecule has 67 heavy (non-hydrogen) atoms. The average Bonchev–Trinajstić information content (AvgIpc) is 3.30. The summed E-state index contributed by atoms with van der Waals surface area (Å²) in [4.78, 5) is 26.8. The third-order valence-corrected chi connectivity index (χ3v) is 12.6. The minimum absolute atomic E-state index is 0.0716. The van der Waals surface area contributed by atoms with E-state index in [2.05, 4.69) is 10.6 Å². The molecule has 4 aromatic carbocycles. The fraction of sp³-hybridized carbons (Fsp3) is 0.348. The lowest BCUT2D eigenvalue weighted by molar-refractivity contribution is -0.164. The first-order chi connectivity index (χ1) is 31.6. The van der Waals surface area contributed by atoms with E-state index in [4.69, 9.17) is 37.9 Å². The van der Waals surface area contributed by atoms with Crippen LogP contribution in [0.4, 0.5) is 28.9 Å². The van der Waals surface area contributed by atoms with Crippen LogP contribution in [-0.2, 0) is 19.4 Å². The van der Waals surface area contributed by atoms with Crippen LogP contribution < -0.4 is 48.5 Å². The van der Waals surface area contributed by atoms with Crippen molar-refractivity contribution >= 4 is 45.2 Å². The number of ether oxygens (including phenoxy) is 8. The molecule has 0 aliphatic heterocycles. The van der Waals surface area contributed by atoms with Gasteiger partial charge in [-0.1, -0.05) is 24.3 Å². The van der Waals surface area contributed by atoms with E-state index in [0.717, 1.165) is 40.3 Å². The minimum Gasteiger partial charge on any atom is -0.496 e. The normalized spacial score (nSPS) is 13.0. The molecule has 21 heteroatoms. The summed E-state index contributed by atoms with van der Waals surface area (Å²) in [5.41, 5.74) is -0.244. The van der Waals surface area contributed by atoms with Crippen LogP contribution >= 0.6 is 0 Å². The molecule has 2 N–H and O–H groups in total. The van der Waals surface area contributed by atoms with Gasteiger partial charge in [0.2, 0.25) is 0 Å². The highest BCUT2D eigenvalue weighted by molar-refractivity contribution is 7.92. The number of rotatable bonds is 22. The van der Waals surface area contributed by atoms with Gasteiger partial charge in [0.15, 0.2) is 9.84 Å². The standard InChI is InChI=1S/C46H54F4N4O12S/c1-53(2)45(47,48)43(55)51-33-21-27(13-17-35(33)61-7)41(19-15-31-37(63-9)23-29(59-5)24-38(31)64-10)67(57,58)42(20-16-32-39(65-11)25-30(60-6)26-40(32)66-12)28-14-18-36(62-8)34(22-28)52-44(56)46(49,50)54(3)4/h13-26,41-42H,1-12H3,(H,51,55)(H,52,56)/b19-15+,20-16+. The number of nitrogens with one attached hydrogen (secondary N) is 2. The number of anilines is 2. The Labute approximate surface area is 386 Å². The van der Waals surface area contributed by atoms with E-state index >= 15 is 8.42 Å². The lowest BCUT2D eigenvalue weighted by atomic mass is 10.1. The molecule has 2 amide bonds.